The van der Waals surface area contributed by atoms with Crippen LogP contribution in [0.2, 0.25) is 0 Å². The number of amides is 8. The van der Waals surface area contributed by atoms with Crippen LogP contribution in [-0.2, 0) is 54.3 Å². The molecule has 0 spiro atoms. The number of nitrogens with two attached hydrogens (primary N) is 2. The lowest BCUT2D eigenvalue weighted by molar-refractivity contribution is -0.142. The average Bonchev–Trinajstić information content (AvgIpc) is 0.807. The SMILES string of the molecule is CC(C)[C@H](CSC1CCN(C)CC1)C(=O)N(C)C(C)C.CC(C)[C@H](CSCCN(C)C)C(=O)N(C)C(C)C.CC(C)[C@H](CSCCN)C(=O)N(C)C(C)C.CC(C)[C@H](CSCCc1ccncc1)C(=O)N(C)C(C)C.CCCCCSC[C@H](C(=O)N(C)C(C)C)C(C)C.CCN(CC)CCSC[C@H](C(=O)N(C)C(C)C)C(C)C.COC(=O)C(N)CSC[C@H](C(=O)N(C)C(C)C)C(C)C.CSC[C@H](C(=O)N(C)C(C)C)C(C)C. The molecule has 1 saturated heterocycles. The van der Waals surface area contributed by atoms with Gasteiger partial charge in [0.1, 0.15) is 6.04 Å². The van der Waals surface area contributed by atoms with Crippen LogP contribution in [0.25, 0.3) is 0 Å². The van der Waals surface area contributed by atoms with Crippen LogP contribution in [0.4, 0.5) is 0 Å². The summed E-state index contributed by atoms with van der Waals surface area (Å²) in [5.41, 5.74) is 12.5. The van der Waals surface area contributed by atoms with Gasteiger partial charge in [0.25, 0.3) is 0 Å². The molecule has 1 aromatic rings. The third kappa shape index (κ3) is 71.1. The summed E-state index contributed by atoms with van der Waals surface area (Å²) >= 11 is 14.7. The molecule has 0 saturated carbocycles. The molecular formula is C115H232N14O10S8. The number of likely N-dealkylation sites (tertiary alicyclic amines) is 1. The van der Waals surface area contributed by atoms with Gasteiger partial charge in [-0.2, -0.15) is 94.1 Å². The number of piperidine rings is 1. The number of methoxy groups -OCH3 is 1. The molecular weight excluding hydrogens is 1990 g/mol. The van der Waals surface area contributed by atoms with Gasteiger partial charge >= 0.3 is 5.97 Å². The van der Waals surface area contributed by atoms with Gasteiger partial charge in [0.15, 0.2) is 0 Å². The van der Waals surface area contributed by atoms with Gasteiger partial charge in [-0.1, -0.05) is 144 Å². The number of aryl methyl sites for hydroxylation is 1. The summed E-state index contributed by atoms with van der Waals surface area (Å²) in [4.78, 5) is 136. The highest BCUT2D eigenvalue weighted by Gasteiger charge is 2.35. The second-order valence-corrected chi connectivity index (χ2v) is 54.0. The Morgan fingerprint density at radius 1 is 0.361 bits per heavy atom. The van der Waals surface area contributed by atoms with Crippen LogP contribution in [0, 0.1) is 94.7 Å². The van der Waals surface area contributed by atoms with Crippen LogP contribution < -0.4 is 11.5 Å². The minimum absolute atomic E-state index is 0.0581. The van der Waals surface area contributed by atoms with Crippen molar-refractivity contribution in [1.82, 2.24) is 58.9 Å². The van der Waals surface area contributed by atoms with E-state index in [0.717, 1.165) is 101 Å². The number of carbonyl (C=O) groups excluding carboxylic acids is 9. The first-order chi connectivity index (χ1) is 68.3. The Hall–Kier alpha value is -3.02. The number of nitrogens with zero attached hydrogens (tertiary/aromatic N) is 12. The number of esters is 1. The number of thioether (sulfide) groups is 8. The molecule has 32 heteroatoms. The molecule has 24 nitrogen and oxygen atoms in total. The molecule has 2 heterocycles. The van der Waals surface area contributed by atoms with Crippen LogP contribution in [0.1, 0.15) is 280 Å². The van der Waals surface area contributed by atoms with E-state index in [9.17, 15) is 43.2 Å². The fourth-order valence-electron chi connectivity index (χ4n) is 13.9. The number of hydrogen-bond acceptors (Lipinski definition) is 24. The van der Waals surface area contributed by atoms with E-state index in [1.54, 1.807) is 28.4 Å². The van der Waals surface area contributed by atoms with Crippen LogP contribution >= 0.6 is 94.1 Å². The van der Waals surface area contributed by atoms with Gasteiger partial charge in [-0.05, 0) is 267 Å². The lowest BCUT2D eigenvalue weighted by Gasteiger charge is -2.32. The van der Waals surface area contributed by atoms with E-state index < -0.39 is 12.0 Å². The third-order valence-electron chi connectivity index (χ3n) is 27.6. The zero-order valence-corrected chi connectivity index (χ0v) is 110. The molecule has 0 radical (unpaired) electrons. The van der Waals surface area contributed by atoms with E-state index in [2.05, 4.69) is 251 Å². The zero-order chi connectivity index (χ0) is 115. The van der Waals surface area contributed by atoms with Crippen molar-refractivity contribution in [2.75, 3.05) is 217 Å². The summed E-state index contributed by atoms with van der Waals surface area (Å²) in [6.45, 7) is 81.1. The van der Waals surface area contributed by atoms with Crippen LogP contribution in [0.5, 0.6) is 0 Å². The molecule has 1 fully saturated rings. The Morgan fingerprint density at radius 3 is 0.871 bits per heavy atom. The fourth-order valence-corrected chi connectivity index (χ4v) is 24.3. The molecule has 870 valence electrons. The number of carbonyl (C=O) groups is 9. The van der Waals surface area contributed by atoms with Crippen molar-refractivity contribution in [3.05, 3.63) is 30.1 Å². The van der Waals surface area contributed by atoms with E-state index in [0.29, 0.717) is 89.3 Å². The molecule has 9 atom stereocenters. The van der Waals surface area contributed by atoms with Crippen LogP contribution in [0.3, 0.4) is 0 Å². The van der Waals surface area contributed by atoms with E-state index in [-0.39, 0.29) is 119 Å². The molecule has 2 rings (SSSR count). The minimum Gasteiger partial charge on any atom is -0.468 e. The number of ether oxygens (including phenoxy) is 1. The minimum atomic E-state index is -0.629. The van der Waals surface area contributed by atoms with Crippen molar-refractivity contribution >= 4 is 147 Å². The standard InChI is InChI=1S/C17H28N2OS.C16H32N2OS.C16H34N2OS.C15H31NOS.C14H28N2O3S.C14H30N2OS.C12H26N2OS.C11H23NOS/c1-13(2)16(17(20)19(5)14(3)4)12-21-11-8-15-6-9-18-10-7-15;1-12(2)15(16(19)18(6)13(3)4)11-20-14-7-9-17(5)10-8-14;1-8-18(9-2)10-11-20-12-15(13(3)4)16(19)17(7)14(5)6;1-7-8-9-10-18-11-14(12(2)3)15(17)16(6)13(4)5;1-9(2)11(13(17)16(5)10(3)4)7-20-8-12(15)14(18)19-6;1-11(2)13(10-18-9-8-15(5)6)14(17)16(7)12(3)4;1-9(2)11(8-16-7-6-13)12(15)14(5)10(3)4;1-8(2)10(7-14-6)11(13)12(5)9(3)4/h6-7,9-10,13-14,16H,8,11-12H2,1-5H3;12-15H,7-11H2,1-6H3;13-15H,8-12H2,1-7H3;12-14H,7-11H2,1-6H3;9-12H,7-8,15H2,1-6H3;11-13H,8-10H2,1-7H3;9-11H,6-8,13H2,1-5H3;8-10H,7H2,1-6H3/t16-;2*15-;14-;11-,12?;13-;11-;10-/m00000000/s1. The molecule has 1 aliphatic heterocycles. The van der Waals surface area contributed by atoms with Crippen molar-refractivity contribution in [3.63, 3.8) is 0 Å². The summed E-state index contributed by atoms with van der Waals surface area (Å²) in [5.74, 6) is 18.8. The lowest BCUT2D eigenvalue weighted by atomic mass is 9.96. The van der Waals surface area contributed by atoms with Crippen molar-refractivity contribution in [1.29, 1.82) is 0 Å². The Balaban J connectivity index is -0.000000387. The van der Waals surface area contributed by atoms with E-state index in [4.69, 9.17) is 11.5 Å². The van der Waals surface area contributed by atoms with Gasteiger partial charge in [0.2, 0.25) is 47.3 Å². The van der Waals surface area contributed by atoms with E-state index >= 15 is 0 Å². The highest BCUT2D eigenvalue weighted by atomic mass is 32.2. The lowest BCUT2D eigenvalue weighted by Crippen LogP contribution is -2.41. The van der Waals surface area contributed by atoms with Crippen molar-refractivity contribution in [2.24, 2.45) is 106 Å². The predicted molar refractivity (Wildman–Crippen MR) is 658 cm³/mol. The topological polar surface area (TPSA) is 263 Å². The first-order valence-electron chi connectivity index (χ1n) is 55.5. The van der Waals surface area contributed by atoms with Crippen molar-refractivity contribution in [2.45, 2.75) is 340 Å². The molecule has 8 amide bonds. The first kappa shape index (κ1) is 155. The Morgan fingerprint density at radius 2 is 0.619 bits per heavy atom. The molecule has 1 aliphatic rings. The van der Waals surface area contributed by atoms with Gasteiger partial charge in [-0.25, -0.2) is 0 Å². The number of unbranched alkanes of at least 4 members (excludes halogenated alkanes) is 2. The molecule has 0 bridgehead atoms. The normalized spacial score (nSPS) is 14.2. The maximum atomic E-state index is 12.6. The van der Waals surface area contributed by atoms with Gasteiger partial charge < -0.3 is 70.1 Å². The Kier molecular flexibility index (Phi) is 94.6. The second-order valence-electron chi connectivity index (χ2n) is 44.9. The van der Waals surface area contributed by atoms with Gasteiger partial charge in [-0.15, -0.1) is 0 Å². The Labute approximate surface area is 940 Å². The Bertz CT molecular complexity index is 3470. The quantitative estimate of drug-likeness (QED) is 0.0453. The maximum Gasteiger partial charge on any atom is 0.323 e. The highest BCUT2D eigenvalue weighted by molar-refractivity contribution is 8.00. The summed E-state index contributed by atoms with van der Waals surface area (Å²) < 4.78 is 4.58. The number of rotatable bonds is 61. The first-order valence-corrected chi connectivity index (χ1v) is 64.9. The molecule has 1 unspecified atom stereocenters. The summed E-state index contributed by atoms with van der Waals surface area (Å²) in [6, 6.07) is 5.65. The molecule has 1 aromatic heterocycles. The van der Waals surface area contributed by atoms with Crippen molar-refractivity contribution in [3.8, 4) is 0 Å². The number of hydrogen-bond donors (Lipinski definition) is 2. The van der Waals surface area contributed by atoms with E-state index in [1.165, 1.54) is 75.4 Å². The van der Waals surface area contributed by atoms with Crippen molar-refractivity contribution < 1.29 is 47.9 Å². The maximum absolute atomic E-state index is 12.6. The number of pyridine rings is 1. The second kappa shape index (κ2) is 90.0. The average molecular weight is 2230 g/mol. The number of aromatic nitrogens is 1. The smallest absolute Gasteiger partial charge is 0.323 e. The van der Waals surface area contributed by atoms with Crippen LogP contribution in [0.15, 0.2) is 24.5 Å². The monoisotopic (exact) mass is 2230 g/mol. The fraction of sp³-hybridized carbons (Fsp3) is 0.878. The summed E-state index contributed by atoms with van der Waals surface area (Å²) in [5, 5.41) is 0.740. The van der Waals surface area contributed by atoms with Crippen LogP contribution in [-0.4, -0.2) is 389 Å². The van der Waals surface area contributed by atoms with Gasteiger partial charge in [0.05, 0.1) is 7.11 Å². The molecule has 0 aromatic carbocycles. The highest BCUT2D eigenvalue weighted by Crippen LogP contribution is 2.32. The third-order valence-corrected chi connectivity index (χ3v) is 36.5. The van der Waals surface area contributed by atoms with Gasteiger partial charge in [0, 0.05) is 258 Å². The molecule has 4 N–H and O–H groups in total. The largest absolute Gasteiger partial charge is 0.468 e. The molecule has 0 aliphatic carbocycles. The van der Waals surface area contributed by atoms with Gasteiger partial charge in [-0.3, -0.25) is 48.1 Å². The predicted octanol–water partition coefficient (Wildman–Crippen LogP) is 21.8. The summed E-state index contributed by atoms with van der Waals surface area (Å²) in [6.07, 6.45) is 13.1. The summed E-state index contributed by atoms with van der Waals surface area (Å²) in [7, 11) is 22.9. The molecule has 147 heavy (non-hydrogen) atoms. The van der Waals surface area contributed by atoms with E-state index in [1.807, 2.05) is 217 Å². The zero-order valence-electron chi connectivity index (χ0n) is 103.